The number of aromatic nitrogens is 2. The van der Waals surface area contributed by atoms with Crippen LogP contribution < -0.4 is 5.73 Å². The van der Waals surface area contributed by atoms with Gasteiger partial charge in [-0.1, -0.05) is 12.8 Å². The highest BCUT2D eigenvalue weighted by Crippen LogP contribution is 2.38. The Labute approximate surface area is 96.5 Å². The molecular formula is C12H21N3O. The van der Waals surface area contributed by atoms with Gasteiger partial charge in [0, 0.05) is 31.6 Å². The molecule has 2 unspecified atom stereocenters. The molecule has 1 heterocycles. The van der Waals surface area contributed by atoms with Crippen LogP contribution in [0.25, 0.3) is 0 Å². The number of hydrogen-bond acceptors (Lipinski definition) is 3. The highest BCUT2D eigenvalue weighted by atomic mass is 16.3. The van der Waals surface area contributed by atoms with Crippen molar-refractivity contribution in [3.63, 3.8) is 0 Å². The molecule has 2 atom stereocenters. The van der Waals surface area contributed by atoms with Crippen molar-refractivity contribution in [2.45, 2.75) is 38.2 Å². The van der Waals surface area contributed by atoms with Crippen LogP contribution in [0, 0.1) is 5.41 Å². The molecular weight excluding hydrogens is 202 g/mol. The van der Waals surface area contributed by atoms with Crippen molar-refractivity contribution < 1.29 is 5.11 Å². The molecule has 3 N–H and O–H groups in total. The number of aliphatic hydroxyl groups excluding tert-OH is 1. The first-order chi connectivity index (χ1) is 7.66. The second kappa shape index (κ2) is 4.55. The van der Waals surface area contributed by atoms with Crippen LogP contribution in [0.2, 0.25) is 0 Å². The van der Waals surface area contributed by atoms with Gasteiger partial charge in [0.05, 0.1) is 11.8 Å². The van der Waals surface area contributed by atoms with E-state index in [0.29, 0.717) is 6.54 Å². The first-order valence-corrected chi connectivity index (χ1v) is 6.03. The summed E-state index contributed by atoms with van der Waals surface area (Å²) < 4.78 is 1.80. The molecule has 2 rings (SSSR count). The first-order valence-electron chi connectivity index (χ1n) is 6.03. The van der Waals surface area contributed by atoms with Crippen molar-refractivity contribution in [1.29, 1.82) is 0 Å². The predicted octanol–water partition coefficient (Wildman–Crippen LogP) is 0.843. The summed E-state index contributed by atoms with van der Waals surface area (Å²) >= 11 is 0. The third-order valence-corrected chi connectivity index (χ3v) is 3.82. The quantitative estimate of drug-likeness (QED) is 0.798. The summed E-state index contributed by atoms with van der Waals surface area (Å²) in [5.41, 5.74) is 6.78. The molecule has 0 spiro atoms. The van der Waals surface area contributed by atoms with Crippen molar-refractivity contribution in [3.05, 3.63) is 18.0 Å². The van der Waals surface area contributed by atoms with Gasteiger partial charge in [0.2, 0.25) is 0 Å². The summed E-state index contributed by atoms with van der Waals surface area (Å²) in [7, 11) is 1.91. The van der Waals surface area contributed by atoms with Gasteiger partial charge in [0.25, 0.3) is 0 Å². The van der Waals surface area contributed by atoms with Gasteiger partial charge in [-0.2, -0.15) is 5.10 Å². The lowest BCUT2D eigenvalue weighted by Gasteiger charge is -2.40. The summed E-state index contributed by atoms with van der Waals surface area (Å²) in [4.78, 5) is 0. The van der Waals surface area contributed by atoms with E-state index in [0.717, 1.165) is 31.4 Å². The summed E-state index contributed by atoms with van der Waals surface area (Å²) in [6.45, 7) is 0.546. The fraction of sp³-hybridized carbons (Fsp3) is 0.750. The van der Waals surface area contributed by atoms with Crippen molar-refractivity contribution >= 4 is 0 Å². The van der Waals surface area contributed by atoms with Crippen molar-refractivity contribution in [2.75, 3.05) is 6.54 Å². The maximum Gasteiger partial charge on any atom is 0.0631 e. The molecule has 0 aromatic carbocycles. The smallest absolute Gasteiger partial charge is 0.0631 e. The third kappa shape index (κ3) is 2.13. The van der Waals surface area contributed by atoms with Gasteiger partial charge in [0.15, 0.2) is 0 Å². The standard InChI is InChI=1S/C12H21N3O/c1-15-7-5-10(14-15)8-12(9-13)6-3-2-4-11(12)16/h5,7,11,16H,2-4,6,8-9,13H2,1H3. The van der Waals surface area contributed by atoms with Crippen molar-refractivity contribution in [1.82, 2.24) is 9.78 Å². The molecule has 1 fully saturated rings. The summed E-state index contributed by atoms with van der Waals surface area (Å²) in [5.74, 6) is 0. The van der Waals surface area contributed by atoms with E-state index < -0.39 is 0 Å². The zero-order valence-corrected chi connectivity index (χ0v) is 9.89. The molecule has 0 bridgehead atoms. The van der Waals surface area contributed by atoms with Gasteiger partial charge < -0.3 is 10.8 Å². The highest BCUT2D eigenvalue weighted by molar-refractivity contribution is 5.06. The SMILES string of the molecule is Cn1ccc(CC2(CN)CCCCC2O)n1. The first kappa shape index (κ1) is 11.6. The Morgan fingerprint density at radius 3 is 3.00 bits per heavy atom. The molecule has 16 heavy (non-hydrogen) atoms. The lowest BCUT2D eigenvalue weighted by atomic mass is 9.69. The van der Waals surface area contributed by atoms with E-state index in [1.165, 1.54) is 6.42 Å². The van der Waals surface area contributed by atoms with Gasteiger partial charge in [-0.05, 0) is 18.9 Å². The van der Waals surface area contributed by atoms with Crippen LogP contribution in [0.3, 0.4) is 0 Å². The van der Waals surface area contributed by atoms with Gasteiger partial charge >= 0.3 is 0 Å². The predicted molar refractivity (Wildman–Crippen MR) is 62.9 cm³/mol. The monoisotopic (exact) mass is 223 g/mol. The Bertz CT molecular complexity index is 350. The maximum atomic E-state index is 10.2. The molecule has 0 saturated heterocycles. The minimum absolute atomic E-state index is 0.146. The van der Waals surface area contributed by atoms with Crippen LogP contribution in [0.4, 0.5) is 0 Å². The van der Waals surface area contributed by atoms with Gasteiger partial charge in [-0.15, -0.1) is 0 Å². The van der Waals surface area contributed by atoms with E-state index in [4.69, 9.17) is 5.73 Å². The summed E-state index contributed by atoms with van der Waals surface area (Å²) in [6, 6.07) is 2.01. The van der Waals surface area contributed by atoms with E-state index in [-0.39, 0.29) is 11.5 Å². The molecule has 4 nitrogen and oxygen atoms in total. The van der Waals surface area contributed by atoms with E-state index in [1.54, 1.807) is 4.68 Å². The van der Waals surface area contributed by atoms with Crippen molar-refractivity contribution in [2.24, 2.45) is 18.2 Å². The number of aliphatic hydroxyl groups is 1. The Hall–Kier alpha value is -0.870. The number of aryl methyl sites for hydroxylation is 1. The molecule has 1 aliphatic carbocycles. The Kier molecular flexibility index (Phi) is 3.30. The zero-order valence-electron chi connectivity index (χ0n) is 9.89. The van der Waals surface area contributed by atoms with E-state index in [2.05, 4.69) is 5.10 Å². The Balaban J connectivity index is 2.14. The van der Waals surface area contributed by atoms with Gasteiger partial charge in [-0.25, -0.2) is 0 Å². The summed E-state index contributed by atoms with van der Waals surface area (Å²) in [5, 5.41) is 14.6. The number of nitrogens with two attached hydrogens (primary N) is 1. The summed E-state index contributed by atoms with van der Waals surface area (Å²) in [6.07, 6.45) is 6.64. The second-order valence-corrected chi connectivity index (χ2v) is 4.99. The van der Waals surface area contributed by atoms with Gasteiger partial charge in [-0.3, -0.25) is 4.68 Å². The largest absolute Gasteiger partial charge is 0.392 e. The Morgan fingerprint density at radius 2 is 2.44 bits per heavy atom. The minimum atomic E-state index is -0.270. The third-order valence-electron chi connectivity index (χ3n) is 3.82. The maximum absolute atomic E-state index is 10.2. The number of nitrogens with zero attached hydrogens (tertiary/aromatic N) is 2. The van der Waals surface area contributed by atoms with E-state index >= 15 is 0 Å². The zero-order chi connectivity index (χ0) is 11.6. The van der Waals surface area contributed by atoms with Gasteiger partial charge in [0.1, 0.15) is 0 Å². The average Bonchev–Trinajstić information content (AvgIpc) is 2.67. The van der Waals surface area contributed by atoms with Crippen LogP contribution in [0.5, 0.6) is 0 Å². The molecule has 1 aromatic heterocycles. The fourth-order valence-electron chi connectivity index (χ4n) is 2.72. The van der Waals surface area contributed by atoms with Crippen LogP contribution in [0.15, 0.2) is 12.3 Å². The molecule has 0 radical (unpaired) electrons. The van der Waals surface area contributed by atoms with Crippen LogP contribution >= 0.6 is 0 Å². The second-order valence-electron chi connectivity index (χ2n) is 4.99. The van der Waals surface area contributed by atoms with E-state index in [1.807, 2.05) is 19.3 Å². The molecule has 4 heteroatoms. The lowest BCUT2D eigenvalue weighted by Crippen LogP contribution is -2.45. The van der Waals surface area contributed by atoms with E-state index in [9.17, 15) is 5.11 Å². The minimum Gasteiger partial charge on any atom is -0.392 e. The fourth-order valence-corrected chi connectivity index (χ4v) is 2.72. The number of rotatable bonds is 3. The molecule has 0 aliphatic heterocycles. The van der Waals surface area contributed by atoms with Crippen LogP contribution in [-0.4, -0.2) is 27.5 Å². The number of hydrogen-bond donors (Lipinski definition) is 2. The normalized spacial score (nSPS) is 30.6. The molecule has 90 valence electrons. The molecule has 1 saturated carbocycles. The highest BCUT2D eigenvalue weighted by Gasteiger charge is 2.39. The topological polar surface area (TPSA) is 64.1 Å². The lowest BCUT2D eigenvalue weighted by molar-refractivity contribution is -0.00651. The molecule has 1 aromatic rings. The van der Waals surface area contributed by atoms with Crippen LogP contribution in [0.1, 0.15) is 31.4 Å². The molecule has 0 amide bonds. The van der Waals surface area contributed by atoms with Crippen molar-refractivity contribution in [3.8, 4) is 0 Å². The average molecular weight is 223 g/mol. The van der Waals surface area contributed by atoms with Crippen LogP contribution in [-0.2, 0) is 13.5 Å². The molecule has 1 aliphatic rings. The Morgan fingerprint density at radius 1 is 1.62 bits per heavy atom.